The number of aromatic nitrogens is 1. The summed E-state index contributed by atoms with van der Waals surface area (Å²) in [5.41, 5.74) is 0.695. The zero-order valence-electron chi connectivity index (χ0n) is 10.6. The molecule has 1 aromatic rings. The molecule has 0 spiro atoms. The molecule has 1 heterocycles. The predicted octanol–water partition coefficient (Wildman–Crippen LogP) is 2.08. The fourth-order valence-electron chi connectivity index (χ4n) is 1.35. The van der Waals surface area contributed by atoms with E-state index in [-0.39, 0.29) is 12.0 Å². The van der Waals surface area contributed by atoms with Gasteiger partial charge in [-0.1, -0.05) is 11.3 Å². The number of carbonyl (C=O) groups is 1. The summed E-state index contributed by atoms with van der Waals surface area (Å²) in [6.45, 7) is 6.54. The van der Waals surface area contributed by atoms with Crippen molar-refractivity contribution in [2.75, 3.05) is 25.6 Å². The van der Waals surface area contributed by atoms with Crippen molar-refractivity contribution < 1.29 is 14.3 Å². The molecule has 0 aromatic carbocycles. The van der Waals surface area contributed by atoms with Crippen molar-refractivity contribution in [1.29, 1.82) is 0 Å². The van der Waals surface area contributed by atoms with Crippen LogP contribution in [0.1, 0.15) is 29.2 Å². The number of rotatable bonds is 6. The molecule has 0 aliphatic heterocycles. The summed E-state index contributed by atoms with van der Waals surface area (Å²) < 4.78 is 9.98. The van der Waals surface area contributed by atoms with Gasteiger partial charge >= 0.3 is 5.97 Å². The first-order chi connectivity index (χ1) is 8.08. The Morgan fingerprint density at radius 3 is 2.88 bits per heavy atom. The fourth-order valence-corrected chi connectivity index (χ4v) is 2.32. The van der Waals surface area contributed by atoms with Crippen LogP contribution in [0.3, 0.4) is 0 Å². The van der Waals surface area contributed by atoms with Crippen molar-refractivity contribution in [3.63, 3.8) is 0 Å². The first kappa shape index (κ1) is 13.9. The van der Waals surface area contributed by atoms with Crippen LogP contribution in [0.15, 0.2) is 0 Å². The summed E-state index contributed by atoms with van der Waals surface area (Å²) in [5, 5.41) is 3.89. The van der Waals surface area contributed by atoms with Crippen molar-refractivity contribution in [1.82, 2.24) is 4.98 Å². The molecule has 0 unspecified atom stereocenters. The normalized spacial score (nSPS) is 12.2. The first-order valence-electron chi connectivity index (χ1n) is 5.48. The highest BCUT2D eigenvalue weighted by molar-refractivity contribution is 7.17. The summed E-state index contributed by atoms with van der Waals surface area (Å²) in [4.78, 5) is 16.4. The summed E-state index contributed by atoms with van der Waals surface area (Å²) in [5.74, 6) is -0.310. The average Bonchev–Trinajstić information content (AvgIpc) is 2.60. The van der Waals surface area contributed by atoms with Crippen molar-refractivity contribution >= 4 is 22.4 Å². The third kappa shape index (κ3) is 3.98. The number of hydrogen-bond donors (Lipinski definition) is 1. The molecule has 96 valence electrons. The number of esters is 1. The summed E-state index contributed by atoms with van der Waals surface area (Å²) in [6.07, 6.45) is 0. The number of nitrogens with one attached hydrogen (secondary N) is 1. The van der Waals surface area contributed by atoms with E-state index < -0.39 is 0 Å². The predicted molar refractivity (Wildman–Crippen MR) is 67.8 cm³/mol. The number of hydrogen-bond acceptors (Lipinski definition) is 6. The van der Waals surface area contributed by atoms with E-state index in [9.17, 15) is 4.79 Å². The Hall–Kier alpha value is -1.14. The standard InChI is InChI=1S/C11H18N2O3S/c1-5-16-10(14)9-8(3)13-11(17-9)12-7(2)6-15-4/h7H,5-6H2,1-4H3,(H,12,13)/t7-/m0/s1. The second-order valence-corrected chi connectivity index (χ2v) is 4.65. The molecule has 5 nitrogen and oxygen atoms in total. The highest BCUT2D eigenvalue weighted by atomic mass is 32.1. The molecular weight excluding hydrogens is 240 g/mol. The molecule has 1 atom stereocenters. The van der Waals surface area contributed by atoms with Gasteiger partial charge in [0.15, 0.2) is 5.13 Å². The Labute approximate surface area is 105 Å². The molecule has 0 radical (unpaired) electrons. The van der Waals surface area contributed by atoms with Crippen LogP contribution in [-0.4, -0.2) is 37.3 Å². The second-order valence-electron chi connectivity index (χ2n) is 3.65. The number of nitrogens with zero attached hydrogens (tertiary/aromatic N) is 1. The van der Waals surface area contributed by atoms with Gasteiger partial charge in [0.1, 0.15) is 4.88 Å². The van der Waals surface area contributed by atoms with E-state index in [4.69, 9.17) is 9.47 Å². The highest BCUT2D eigenvalue weighted by Gasteiger charge is 2.16. The van der Waals surface area contributed by atoms with Crippen LogP contribution in [-0.2, 0) is 9.47 Å². The molecule has 6 heteroatoms. The van der Waals surface area contributed by atoms with Crippen LogP contribution in [0, 0.1) is 6.92 Å². The van der Waals surface area contributed by atoms with Gasteiger partial charge in [-0.15, -0.1) is 0 Å². The molecular formula is C11H18N2O3S. The molecule has 0 bridgehead atoms. The lowest BCUT2D eigenvalue weighted by atomic mass is 10.4. The Kier molecular flexibility index (Phi) is 5.37. The molecule has 1 N–H and O–H groups in total. The van der Waals surface area contributed by atoms with Gasteiger partial charge in [0, 0.05) is 13.2 Å². The zero-order valence-corrected chi connectivity index (χ0v) is 11.4. The molecule has 0 saturated heterocycles. The van der Waals surface area contributed by atoms with Crippen LogP contribution in [0.2, 0.25) is 0 Å². The number of anilines is 1. The smallest absolute Gasteiger partial charge is 0.350 e. The van der Waals surface area contributed by atoms with Gasteiger partial charge in [-0.2, -0.15) is 0 Å². The minimum atomic E-state index is -0.310. The molecule has 0 amide bonds. The lowest BCUT2D eigenvalue weighted by molar-refractivity contribution is 0.0531. The summed E-state index contributed by atoms with van der Waals surface area (Å²) >= 11 is 1.31. The lowest BCUT2D eigenvalue weighted by Crippen LogP contribution is -2.20. The quantitative estimate of drug-likeness (QED) is 0.792. The molecule has 0 aliphatic rings. The van der Waals surface area contributed by atoms with Crippen LogP contribution in [0.4, 0.5) is 5.13 Å². The van der Waals surface area contributed by atoms with E-state index >= 15 is 0 Å². The maximum Gasteiger partial charge on any atom is 0.350 e. The zero-order chi connectivity index (χ0) is 12.8. The topological polar surface area (TPSA) is 60.5 Å². The van der Waals surface area contributed by atoms with Gasteiger partial charge in [-0.25, -0.2) is 9.78 Å². The number of thiazole rings is 1. The van der Waals surface area contributed by atoms with Crippen LogP contribution in [0.5, 0.6) is 0 Å². The van der Waals surface area contributed by atoms with E-state index in [0.717, 1.165) is 5.13 Å². The minimum absolute atomic E-state index is 0.153. The summed E-state index contributed by atoms with van der Waals surface area (Å²) in [7, 11) is 1.65. The largest absolute Gasteiger partial charge is 0.462 e. The van der Waals surface area contributed by atoms with Crippen LogP contribution < -0.4 is 5.32 Å². The van der Waals surface area contributed by atoms with E-state index in [2.05, 4.69) is 10.3 Å². The highest BCUT2D eigenvalue weighted by Crippen LogP contribution is 2.23. The number of aryl methyl sites for hydroxylation is 1. The van der Waals surface area contributed by atoms with Gasteiger partial charge in [-0.3, -0.25) is 0 Å². The Morgan fingerprint density at radius 2 is 2.29 bits per heavy atom. The maximum atomic E-state index is 11.6. The van der Waals surface area contributed by atoms with Crippen LogP contribution in [0.25, 0.3) is 0 Å². The molecule has 1 aromatic heterocycles. The van der Waals surface area contributed by atoms with Crippen molar-refractivity contribution in [2.45, 2.75) is 26.8 Å². The van der Waals surface area contributed by atoms with Crippen molar-refractivity contribution in [3.05, 3.63) is 10.6 Å². The fraction of sp³-hybridized carbons (Fsp3) is 0.636. The Bertz CT molecular complexity index is 379. The Morgan fingerprint density at radius 1 is 1.59 bits per heavy atom. The lowest BCUT2D eigenvalue weighted by Gasteiger charge is -2.10. The van der Waals surface area contributed by atoms with Gasteiger partial charge < -0.3 is 14.8 Å². The number of carbonyl (C=O) groups excluding carboxylic acids is 1. The number of methoxy groups -OCH3 is 1. The molecule has 0 fully saturated rings. The SMILES string of the molecule is CCOC(=O)c1sc(N[C@@H](C)COC)nc1C. The van der Waals surface area contributed by atoms with E-state index in [1.54, 1.807) is 21.0 Å². The minimum Gasteiger partial charge on any atom is -0.462 e. The third-order valence-corrected chi connectivity index (χ3v) is 3.11. The van der Waals surface area contributed by atoms with Gasteiger partial charge in [0.2, 0.25) is 0 Å². The third-order valence-electron chi connectivity index (χ3n) is 2.04. The van der Waals surface area contributed by atoms with Gasteiger partial charge in [0.05, 0.1) is 18.9 Å². The molecule has 1 rings (SSSR count). The second kappa shape index (κ2) is 6.56. The average molecular weight is 258 g/mol. The monoisotopic (exact) mass is 258 g/mol. The Balaban J connectivity index is 2.70. The number of ether oxygens (including phenoxy) is 2. The maximum absolute atomic E-state index is 11.6. The van der Waals surface area contributed by atoms with Gasteiger partial charge in [-0.05, 0) is 20.8 Å². The van der Waals surface area contributed by atoms with Gasteiger partial charge in [0.25, 0.3) is 0 Å². The molecule has 0 saturated carbocycles. The van der Waals surface area contributed by atoms with Crippen LogP contribution >= 0.6 is 11.3 Å². The van der Waals surface area contributed by atoms with E-state index in [0.29, 0.717) is 23.8 Å². The molecule has 0 aliphatic carbocycles. The van der Waals surface area contributed by atoms with Crippen molar-refractivity contribution in [3.8, 4) is 0 Å². The first-order valence-corrected chi connectivity index (χ1v) is 6.30. The molecule has 17 heavy (non-hydrogen) atoms. The van der Waals surface area contributed by atoms with E-state index in [1.165, 1.54) is 11.3 Å². The van der Waals surface area contributed by atoms with Crippen molar-refractivity contribution in [2.24, 2.45) is 0 Å². The van der Waals surface area contributed by atoms with E-state index in [1.807, 2.05) is 6.92 Å². The summed E-state index contributed by atoms with van der Waals surface area (Å²) in [6, 6.07) is 0.153.